The minimum atomic E-state index is -4.09. The molecule has 1 aliphatic heterocycles. The highest BCUT2D eigenvalue weighted by atomic mass is 35.5. The van der Waals surface area contributed by atoms with Crippen LogP contribution in [0.4, 0.5) is 4.39 Å². The fourth-order valence-corrected chi connectivity index (χ4v) is 3.83. The van der Waals surface area contributed by atoms with Crippen LogP contribution in [0.15, 0.2) is 29.2 Å². The van der Waals surface area contributed by atoms with Crippen molar-refractivity contribution in [3.05, 3.63) is 30.1 Å². The zero-order chi connectivity index (χ0) is 17.0. The Morgan fingerprint density at radius 2 is 2.04 bits per heavy atom. The predicted molar refractivity (Wildman–Crippen MR) is 92.0 cm³/mol. The Labute approximate surface area is 148 Å². The lowest BCUT2D eigenvalue weighted by Gasteiger charge is -2.31. The van der Waals surface area contributed by atoms with Crippen LogP contribution in [0.2, 0.25) is 0 Å². The maximum Gasteiger partial charge on any atom is 0.244 e. The van der Waals surface area contributed by atoms with E-state index in [0.29, 0.717) is 0 Å². The van der Waals surface area contributed by atoms with Crippen molar-refractivity contribution < 1.29 is 17.6 Å². The molecule has 2 rings (SSSR count). The van der Waals surface area contributed by atoms with Crippen molar-refractivity contribution in [3.63, 3.8) is 0 Å². The van der Waals surface area contributed by atoms with Crippen molar-refractivity contribution in [2.45, 2.75) is 37.2 Å². The number of nitrogens with one attached hydrogen (secondary N) is 3. The van der Waals surface area contributed by atoms with Crippen molar-refractivity contribution in [2.24, 2.45) is 5.92 Å². The van der Waals surface area contributed by atoms with Gasteiger partial charge < -0.3 is 10.6 Å². The highest BCUT2D eigenvalue weighted by Gasteiger charge is 2.28. The number of hydrogen-bond donors (Lipinski definition) is 3. The quantitative estimate of drug-likeness (QED) is 0.713. The van der Waals surface area contributed by atoms with Gasteiger partial charge in [0.05, 0.1) is 6.04 Å². The molecule has 1 aromatic rings. The van der Waals surface area contributed by atoms with Gasteiger partial charge in [0.25, 0.3) is 0 Å². The standard InChI is InChI=1S/C15H22FN3O3S.ClH/c1-10-9-17-8-7-13(10)18-15(20)11(2)19-23(21,22)14-6-4-3-5-12(14)16;/h3-6,10-11,13,17,19H,7-9H2,1-2H3,(H,18,20);1H. The summed E-state index contributed by atoms with van der Waals surface area (Å²) >= 11 is 0. The molecule has 0 saturated carbocycles. The van der Waals surface area contributed by atoms with E-state index in [9.17, 15) is 17.6 Å². The SMILES string of the molecule is CC(NS(=O)(=O)c1ccccc1F)C(=O)NC1CCNCC1C.Cl. The number of rotatable bonds is 5. The second kappa shape index (κ2) is 8.75. The van der Waals surface area contributed by atoms with Crippen LogP contribution in [0.3, 0.4) is 0 Å². The molecule has 0 aliphatic carbocycles. The molecule has 3 N–H and O–H groups in total. The molecule has 0 aromatic heterocycles. The Balaban J connectivity index is 0.00000288. The topological polar surface area (TPSA) is 87.3 Å². The first-order chi connectivity index (χ1) is 10.8. The summed E-state index contributed by atoms with van der Waals surface area (Å²) < 4.78 is 40.2. The predicted octanol–water partition coefficient (Wildman–Crippen LogP) is 1.03. The van der Waals surface area contributed by atoms with Crippen LogP contribution in [0.1, 0.15) is 20.3 Å². The van der Waals surface area contributed by atoms with Crippen LogP contribution < -0.4 is 15.4 Å². The lowest BCUT2D eigenvalue weighted by atomic mass is 9.95. The number of carbonyl (C=O) groups excluding carboxylic acids is 1. The summed E-state index contributed by atoms with van der Waals surface area (Å²) in [6.45, 7) is 5.08. The Kier molecular flexibility index (Phi) is 7.59. The van der Waals surface area contributed by atoms with Crippen molar-refractivity contribution in [2.75, 3.05) is 13.1 Å². The average molecular weight is 380 g/mol. The number of benzene rings is 1. The van der Waals surface area contributed by atoms with E-state index >= 15 is 0 Å². The van der Waals surface area contributed by atoms with Gasteiger partial charge >= 0.3 is 0 Å². The first-order valence-corrected chi connectivity index (χ1v) is 9.07. The number of carbonyl (C=O) groups is 1. The van der Waals surface area contributed by atoms with E-state index in [1.807, 2.05) is 6.92 Å². The summed E-state index contributed by atoms with van der Waals surface area (Å²) in [5.74, 6) is -0.994. The fourth-order valence-electron chi connectivity index (χ4n) is 2.55. The summed E-state index contributed by atoms with van der Waals surface area (Å²) in [4.78, 5) is 11.7. The molecule has 9 heteroatoms. The largest absolute Gasteiger partial charge is 0.352 e. The number of halogens is 2. The van der Waals surface area contributed by atoms with Crippen molar-refractivity contribution in [1.82, 2.24) is 15.4 Å². The molecule has 24 heavy (non-hydrogen) atoms. The lowest BCUT2D eigenvalue weighted by Crippen LogP contribution is -2.53. The Bertz CT molecular complexity index is 672. The highest BCUT2D eigenvalue weighted by molar-refractivity contribution is 7.89. The molecule has 1 amide bonds. The molecule has 0 spiro atoms. The molecule has 1 saturated heterocycles. The summed E-state index contributed by atoms with van der Waals surface area (Å²) in [6, 6.07) is 4.08. The minimum absolute atomic E-state index is 0. The minimum Gasteiger partial charge on any atom is -0.352 e. The first-order valence-electron chi connectivity index (χ1n) is 7.59. The molecule has 136 valence electrons. The number of amides is 1. The summed E-state index contributed by atoms with van der Waals surface area (Å²) in [5, 5.41) is 6.09. The van der Waals surface area contributed by atoms with Crippen LogP contribution in [-0.2, 0) is 14.8 Å². The van der Waals surface area contributed by atoms with Gasteiger partial charge in [-0.2, -0.15) is 4.72 Å². The summed E-state index contributed by atoms with van der Waals surface area (Å²) in [5.41, 5.74) is 0. The molecule has 3 unspecified atom stereocenters. The molecule has 1 fully saturated rings. The van der Waals surface area contributed by atoms with Crippen LogP contribution in [-0.4, -0.2) is 39.5 Å². The van der Waals surface area contributed by atoms with Gasteiger partial charge in [0.1, 0.15) is 10.7 Å². The highest BCUT2D eigenvalue weighted by Crippen LogP contribution is 2.14. The molecule has 0 bridgehead atoms. The second-order valence-corrected chi connectivity index (χ2v) is 7.54. The molecule has 6 nitrogen and oxygen atoms in total. The smallest absolute Gasteiger partial charge is 0.244 e. The first kappa shape index (κ1) is 20.8. The number of piperidine rings is 1. The van der Waals surface area contributed by atoms with Crippen LogP contribution in [0.5, 0.6) is 0 Å². The van der Waals surface area contributed by atoms with E-state index in [4.69, 9.17) is 0 Å². The maximum atomic E-state index is 13.6. The monoisotopic (exact) mass is 379 g/mol. The van der Waals surface area contributed by atoms with E-state index in [0.717, 1.165) is 31.6 Å². The van der Waals surface area contributed by atoms with Crippen LogP contribution in [0, 0.1) is 11.7 Å². The fraction of sp³-hybridized carbons (Fsp3) is 0.533. The van der Waals surface area contributed by atoms with E-state index in [1.54, 1.807) is 0 Å². The number of sulfonamides is 1. The van der Waals surface area contributed by atoms with E-state index in [1.165, 1.54) is 19.1 Å². The molecular formula is C15H23ClFN3O3S. The summed E-state index contributed by atoms with van der Waals surface area (Å²) in [6.07, 6.45) is 0.791. The zero-order valence-corrected chi connectivity index (χ0v) is 15.2. The van der Waals surface area contributed by atoms with E-state index < -0.39 is 32.7 Å². The van der Waals surface area contributed by atoms with Gasteiger partial charge in [-0.15, -0.1) is 12.4 Å². The molecule has 1 aliphatic rings. The van der Waals surface area contributed by atoms with Gasteiger partial charge in [-0.25, -0.2) is 12.8 Å². The molecule has 0 radical (unpaired) electrons. The molecule has 1 aromatic carbocycles. The third-order valence-corrected chi connectivity index (χ3v) is 5.54. The van der Waals surface area contributed by atoms with Crippen molar-refractivity contribution in [3.8, 4) is 0 Å². The van der Waals surface area contributed by atoms with Gasteiger partial charge in [0.2, 0.25) is 15.9 Å². The maximum absolute atomic E-state index is 13.6. The Hall–Kier alpha value is -1.22. The average Bonchev–Trinajstić information content (AvgIpc) is 2.49. The third-order valence-electron chi connectivity index (χ3n) is 3.96. The van der Waals surface area contributed by atoms with Crippen molar-refractivity contribution >= 4 is 28.3 Å². The van der Waals surface area contributed by atoms with Gasteiger partial charge in [-0.3, -0.25) is 4.79 Å². The third kappa shape index (κ3) is 5.14. The normalized spacial score (nSPS) is 22.3. The molecule has 3 atom stereocenters. The zero-order valence-electron chi connectivity index (χ0n) is 13.6. The molecule has 1 heterocycles. The van der Waals surface area contributed by atoms with E-state index in [-0.39, 0.29) is 24.4 Å². The van der Waals surface area contributed by atoms with Gasteiger partial charge in [0, 0.05) is 6.04 Å². The van der Waals surface area contributed by atoms with Gasteiger partial charge in [-0.1, -0.05) is 19.1 Å². The number of hydrogen-bond acceptors (Lipinski definition) is 4. The Morgan fingerprint density at radius 1 is 1.38 bits per heavy atom. The second-order valence-electron chi connectivity index (χ2n) is 5.86. The molecular weight excluding hydrogens is 357 g/mol. The summed E-state index contributed by atoms with van der Waals surface area (Å²) in [7, 11) is -4.09. The lowest BCUT2D eigenvalue weighted by molar-refractivity contribution is -0.123. The Morgan fingerprint density at radius 3 is 2.67 bits per heavy atom. The van der Waals surface area contributed by atoms with Crippen LogP contribution >= 0.6 is 12.4 Å². The van der Waals surface area contributed by atoms with Crippen LogP contribution in [0.25, 0.3) is 0 Å². The van der Waals surface area contributed by atoms with Gasteiger partial charge in [0.15, 0.2) is 0 Å². The van der Waals surface area contributed by atoms with Crippen molar-refractivity contribution in [1.29, 1.82) is 0 Å². The van der Waals surface area contributed by atoms with E-state index in [2.05, 4.69) is 15.4 Å². The van der Waals surface area contributed by atoms with Gasteiger partial charge in [-0.05, 0) is 44.5 Å².